The molecule has 8 heteroatoms. The Morgan fingerprint density at radius 2 is 1.81 bits per heavy atom. The van der Waals surface area contributed by atoms with E-state index in [1.165, 1.54) is 4.90 Å². The molecular weight excluding hydrogens is 426 g/mol. The van der Waals surface area contributed by atoms with Crippen LogP contribution < -0.4 is 19.7 Å². The van der Waals surface area contributed by atoms with Crippen LogP contribution in [0.5, 0.6) is 11.5 Å². The van der Waals surface area contributed by atoms with Crippen molar-refractivity contribution in [2.24, 2.45) is 0 Å². The van der Waals surface area contributed by atoms with Crippen molar-refractivity contribution in [3.63, 3.8) is 0 Å². The van der Waals surface area contributed by atoms with Crippen molar-refractivity contribution in [1.82, 2.24) is 4.90 Å². The predicted molar refractivity (Wildman–Crippen MR) is 129 cm³/mol. The molecule has 2 aromatic rings. The molecule has 168 valence electrons. The lowest BCUT2D eigenvalue weighted by Gasteiger charge is -2.22. The summed E-state index contributed by atoms with van der Waals surface area (Å²) in [5, 5.41) is 3.19. The summed E-state index contributed by atoms with van der Waals surface area (Å²) < 4.78 is 10.7. The lowest BCUT2D eigenvalue weighted by atomic mass is 10.1. The second-order valence-corrected chi connectivity index (χ2v) is 7.60. The molecule has 1 N–H and O–H groups in total. The number of methoxy groups -OCH3 is 1. The fourth-order valence-electron chi connectivity index (χ4n) is 3.39. The molecule has 0 saturated carbocycles. The minimum Gasteiger partial charge on any atom is -0.497 e. The van der Waals surface area contributed by atoms with Gasteiger partial charge in [-0.05, 0) is 67.2 Å². The molecule has 32 heavy (non-hydrogen) atoms. The first-order chi connectivity index (χ1) is 15.5. The van der Waals surface area contributed by atoms with Crippen molar-refractivity contribution in [3.05, 3.63) is 61.2 Å². The molecule has 1 saturated heterocycles. The first-order valence-corrected chi connectivity index (χ1v) is 10.8. The first kappa shape index (κ1) is 23.3. The van der Waals surface area contributed by atoms with Crippen molar-refractivity contribution < 1.29 is 19.1 Å². The lowest BCUT2D eigenvalue weighted by molar-refractivity contribution is -0.124. The molecular formula is C24H27N3O4S. The van der Waals surface area contributed by atoms with E-state index in [0.717, 1.165) is 12.2 Å². The number of hydrogen-bond donors (Lipinski definition) is 1. The Morgan fingerprint density at radius 3 is 2.41 bits per heavy atom. The number of carbonyl (C=O) groups is 2. The Labute approximate surface area is 193 Å². The standard InChI is InChI=1S/C24H27N3O4S/c1-4-14-26-21(16-22(28)25-17-6-10-20(11-7-17)31-15-5-2)23(29)27(24(26)32)18-8-12-19(30-3)13-9-18/h4,6-13,21H,1,5,14-16H2,2-3H3,(H,25,28)/t21-/m0/s1. The van der Waals surface area contributed by atoms with Crippen LogP contribution in [0.2, 0.25) is 0 Å². The predicted octanol–water partition coefficient (Wildman–Crippen LogP) is 4.00. The van der Waals surface area contributed by atoms with Crippen LogP contribution in [0.4, 0.5) is 11.4 Å². The number of anilines is 2. The van der Waals surface area contributed by atoms with E-state index in [2.05, 4.69) is 11.9 Å². The van der Waals surface area contributed by atoms with Crippen LogP contribution >= 0.6 is 12.2 Å². The minimum absolute atomic E-state index is 0.0342. The molecule has 2 amide bonds. The largest absolute Gasteiger partial charge is 0.497 e. The van der Waals surface area contributed by atoms with E-state index < -0.39 is 6.04 Å². The molecule has 3 rings (SSSR count). The van der Waals surface area contributed by atoms with Crippen LogP contribution in [0.15, 0.2) is 61.2 Å². The number of rotatable bonds is 10. The SMILES string of the molecule is C=CCN1C(=S)N(c2ccc(OC)cc2)C(=O)[C@@H]1CC(=O)Nc1ccc(OCCC)cc1. The number of amides is 2. The van der Waals surface area contributed by atoms with Gasteiger partial charge in [-0.2, -0.15) is 0 Å². The zero-order valence-electron chi connectivity index (χ0n) is 18.2. The Balaban J connectivity index is 1.71. The number of benzene rings is 2. The fraction of sp³-hybridized carbons (Fsp3) is 0.292. The molecule has 1 atom stereocenters. The molecule has 0 bridgehead atoms. The topological polar surface area (TPSA) is 71.1 Å². The van der Waals surface area contributed by atoms with Gasteiger partial charge in [-0.1, -0.05) is 13.0 Å². The highest BCUT2D eigenvalue weighted by atomic mass is 32.1. The van der Waals surface area contributed by atoms with Gasteiger partial charge in [0.15, 0.2) is 5.11 Å². The van der Waals surface area contributed by atoms with Gasteiger partial charge in [-0.3, -0.25) is 14.5 Å². The van der Waals surface area contributed by atoms with E-state index >= 15 is 0 Å². The molecule has 0 spiro atoms. The third kappa shape index (κ3) is 5.26. The zero-order chi connectivity index (χ0) is 23.1. The molecule has 1 aliphatic heterocycles. The van der Waals surface area contributed by atoms with Gasteiger partial charge in [0.25, 0.3) is 5.91 Å². The van der Waals surface area contributed by atoms with Gasteiger partial charge in [0, 0.05) is 12.2 Å². The summed E-state index contributed by atoms with van der Waals surface area (Å²) >= 11 is 5.56. The fourth-order valence-corrected chi connectivity index (χ4v) is 3.79. The van der Waals surface area contributed by atoms with E-state index in [-0.39, 0.29) is 18.2 Å². The number of nitrogens with one attached hydrogen (secondary N) is 1. The van der Waals surface area contributed by atoms with Crippen LogP contribution in [-0.4, -0.2) is 48.1 Å². The van der Waals surface area contributed by atoms with Gasteiger partial charge in [-0.25, -0.2) is 0 Å². The van der Waals surface area contributed by atoms with Gasteiger partial charge in [0.1, 0.15) is 17.5 Å². The van der Waals surface area contributed by atoms with Crippen LogP contribution in [0, 0.1) is 0 Å². The van der Waals surface area contributed by atoms with Crippen LogP contribution in [0.25, 0.3) is 0 Å². The van der Waals surface area contributed by atoms with Gasteiger partial charge in [-0.15, -0.1) is 6.58 Å². The lowest BCUT2D eigenvalue weighted by Crippen LogP contribution is -2.37. The van der Waals surface area contributed by atoms with Crippen LogP contribution in [0.1, 0.15) is 19.8 Å². The Bertz CT molecular complexity index is 976. The third-order valence-corrected chi connectivity index (χ3v) is 5.38. The number of thiocarbonyl (C=S) groups is 1. The molecule has 0 unspecified atom stereocenters. The molecule has 1 fully saturated rings. The van der Waals surface area contributed by atoms with E-state index in [1.54, 1.807) is 66.6 Å². The van der Waals surface area contributed by atoms with Gasteiger partial charge >= 0.3 is 0 Å². The average Bonchev–Trinajstić information content (AvgIpc) is 3.03. The molecule has 0 radical (unpaired) electrons. The summed E-state index contributed by atoms with van der Waals surface area (Å²) in [5.74, 6) is 0.893. The van der Waals surface area contributed by atoms with Crippen molar-refractivity contribution in [2.75, 3.05) is 30.5 Å². The van der Waals surface area contributed by atoms with Crippen LogP contribution in [-0.2, 0) is 9.59 Å². The number of carbonyl (C=O) groups excluding carboxylic acids is 2. The third-order valence-electron chi connectivity index (χ3n) is 4.96. The average molecular weight is 454 g/mol. The summed E-state index contributed by atoms with van der Waals surface area (Å²) in [4.78, 5) is 29.1. The van der Waals surface area contributed by atoms with Gasteiger partial charge in [0.05, 0.1) is 25.8 Å². The van der Waals surface area contributed by atoms with Crippen molar-refractivity contribution in [1.29, 1.82) is 0 Å². The molecule has 1 heterocycles. The number of ether oxygens (including phenoxy) is 2. The van der Waals surface area contributed by atoms with Crippen molar-refractivity contribution >= 4 is 40.5 Å². The molecule has 7 nitrogen and oxygen atoms in total. The second-order valence-electron chi connectivity index (χ2n) is 7.24. The normalized spacial score (nSPS) is 15.6. The molecule has 0 aliphatic carbocycles. The Morgan fingerprint density at radius 1 is 1.16 bits per heavy atom. The van der Waals surface area contributed by atoms with E-state index in [9.17, 15) is 9.59 Å². The maximum Gasteiger partial charge on any atom is 0.256 e. The first-order valence-electron chi connectivity index (χ1n) is 10.4. The molecule has 2 aromatic carbocycles. The van der Waals surface area contributed by atoms with Crippen molar-refractivity contribution in [2.45, 2.75) is 25.8 Å². The Hall–Kier alpha value is -3.39. The maximum atomic E-state index is 13.2. The number of nitrogens with zero attached hydrogens (tertiary/aromatic N) is 2. The van der Waals surface area contributed by atoms with Gasteiger partial charge < -0.3 is 19.7 Å². The minimum atomic E-state index is -0.713. The van der Waals surface area contributed by atoms with Crippen LogP contribution in [0.3, 0.4) is 0 Å². The number of hydrogen-bond acceptors (Lipinski definition) is 5. The van der Waals surface area contributed by atoms with E-state index in [1.807, 2.05) is 6.92 Å². The van der Waals surface area contributed by atoms with Crippen molar-refractivity contribution in [3.8, 4) is 11.5 Å². The highest BCUT2D eigenvalue weighted by molar-refractivity contribution is 7.80. The second kappa shape index (κ2) is 10.8. The quantitative estimate of drug-likeness (QED) is 0.433. The van der Waals surface area contributed by atoms with E-state index in [4.69, 9.17) is 21.7 Å². The summed E-state index contributed by atoms with van der Waals surface area (Å²) in [7, 11) is 1.58. The highest BCUT2D eigenvalue weighted by Crippen LogP contribution is 2.29. The molecule has 0 aromatic heterocycles. The summed E-state index contributed by atoms with van der Waals surface area (Å²) in [6, 6.07) is 13.5. The smallest absolute Gasteiger partial charge is 0.256 e. The maximum absolute atomic E-state index is 13.2. The summed E-state index contributed by atoms with van der Waals surface area (Å²) in [5.41, 5.74) is 1.26. The van der Waals surface area contributed by atoms with Gasteiger partial charge in [0.2, 0.25) is 5.91 Å². The Kier molecular flexibility index (Phi) is 7.83. The molecule has 1 aliphatic rings. The summed E-state index contributed by atoms with van der Waals surface area (Å²) in [6.07, 6.45) is 2.55. The summed E-state index contributed by atoms with van der Waals surface area (Å²) in [6.45, 7) is 6.79. The monoisotopic (exact) mass is 453 g/mol. The highest BCUT2D eigenvalue weighted by Gasteiger charge is 2.43. The zero-order valence-corrected chi connectivity index (χ0v) is 19.1. The van der Waals surface area contributed by atoms with E-state index in [0.29, 0.717) is 35.4 Å².